The lowest BCUT2D eigenvalue weighted by Gasteiger charge is -2.34. The van der Waals surface area contributed by atoms with E-state index in [1.807, 2.05) is 62.4 Å². The normalized spacial score (nSPS) is 13.4. The van der Waals surface area contributed by atoms with Crippen molar-refractivity contribution >= 4 is 5.91 Å². The summed E-state index contributed by atoms with van der Waals surface area (Å²) in [5, 5.41) is 0. The number of halogens is 3. The number of ether oxygens (including phenoxy) is 1. The number of carbonyl (C=O) groups is 1. The molecular weight excluding hydrogens is 519 g/mol. The summed E-state index contributed by atoms with van der Waals surface area (Å²) in [5.74, 6) is 0.00300. The van der Waals surface area contributed by atoms with Gasteiger partial charge in [0.2, 0.25) is 5.75 Å². The summed E-state index contributed by atoms with van der Waals surface area (Å²) >= 11 is 0. The van der Waals surface area contributed by atoms with E-state index in [-0.39, 0.29) is 36.4 Å². The molecule has 2 heterocycles. The average Bonchev–Trinajstić information content (AvgIpc) is 2.93. The number of fused-ring (bicyclic) bond motifs is 1. The maximum absolute atomic E-state index is 13.6. The molecule has 1 aliphatic rings. The summed E-state index contributed by atoms with van der Waals surface area (Å²) < 4.78 is 47.0. The van der Waals surface area contributed by atoms with Crippen LogP contribution in [0.3, 0.4) is 0 Å². The summed E-state index contributed by atoms with van der Waals surface area (Å²) in [6.07, 6.45) is -4.23. The Labute approximate surface area is 229 Å². The van der Waals surface area contributed by atoms with Crippen LogP contribution in [0.5, 0.6) is 5.75 Å². The molecule has 0 bridgehead atoms. The van der Waals surface area contributed by atoms with Crippen LogP contribution in [0.25, 0.3) is 11.1 Å². The van der Waals surface area contributed by atoms with Crippen molar-refractivity contribution in [3.8, 4) is 16.9 Å². The quantitative estimate of drug-likeness (QED) is 0.286. The van der Waals surface area contributed by atoms with Crippen molar-refractivity contribution in [1.29, 1.82) is 0 Å². The Morgan fingerprint density at radius 2 is 1.57 bits per heavy atom. The molecule has 0 saturated heterocycles. The SMILES string of the molecule is CC(C)N1CCn2c(Cc3ccccc3-c3ccc(C(F)(F)F)cc3)nc(=O)c(OCc3ccccc3)c2C1=O. The standard InChI is InChI=1S/C31H28F3N3O3/c1-20(2)36-16-17-37-26(35-29(38)28(27(37)30(36)39)40-19-21-8-4-3-5-9-21)18-23-10-6-7-11-25(23)22-12-14-24(15-13-22)31(32,33)34/h3-15,20H,16-19H2,1-2H3. The van der Waals surface area contributed by atoms with E-state index in [2.05, 4.69) is 4.98 Å². The largest absolute Gasteiger partial charge is 0.481 e. The number of alkyl halides is 3. The second-order valence-electron chi connectivity index (χ2n) is 9.94. The molecule has 0 unspecified atom stereocenters. The monoisotopic (exact) mass is 547 g/mol. The molecule has 0 radical (unpaired) electrons. The highest BCUT2D eigenvalue weighted by atomic mass is 19.4. The molecule has 0 saturated carbocycles. The lowest BCUT2D eigenvalue weighted by atomic mass is 9.96. The van der Waals surface area contributed by atoms with Crippen molar-refractivity contribution in [2.24, 2.45) is 0 Å². The Kier molecular flexibility index (Phi) is 7.47. The minimum absolute atomic E-state index is 0.0738. The summed E-state index contributed by atoms with van der Waals surface area (Å²) in [6.45, 7) is 4.80. The van der Waals surface area contributed by atoms with Crippen LogP contribution in [-0.4, -0.2) is 32.9 Å². The number of aromatic nitrogens is 2. The van der Waals surface area contributed by atoms with Gasteiger partial charge in [0.25, 0.3) is 5.91 Å². The smallest absolute Gasteiger partial charge is 0.416 e. The molecule has 0 fully saturated rings. The van der Waals surface area contributed by atoms with E-state index in [0.717, 1.165) is 28.8 Å². The maximum Gasteiger partial charge on any atom is 0.416 e. The molecule has 0 atom stereocenters. The molecule has 206 valence electrons. The highest BCUT2D eigenvalue weighted by molar-refractivity contribution is 5.96. The van der Waals surface area contributed by atoms with Crippen molar-refractivity contribution in [1.82, 2.24) is 14.5 Å². The number of rotatable bonds is 7. The number of carbonyl (C=O) groups excluding carboxylic acids is 1. The van der Waals surface area contributed by atoms with Crippen LogP contribution in [0, 0.1) is 0 Å². The third-order valence-corrected chi connectivity index (χ3v) is 6.99. The van der Waals surface area contributed by atoms with E-state index >= 15 is 0 Å². The zero-order valence-electron chi connectivity index (χ0n) is 22.1. The van der Waals surface area contributed by atoms with Crippen LogP contribution in [0.15, 0.2) is 83.7 Å². The van der Waals surface area contributed by atoms with Crippen molar-refractivity contribution in [2.75, 3.05) is 6.54 Å². The summed E-state index contributed by atoms with van der Waals surface area (Å²) in [5.41, 5.74) is 1.74. The Hall–Kier alpha value is -4.40. The molecule has 1 amide bonds. The summed E-state index contributed by atoms with van der Waals surface area (Å²) in [4.78, 5) is 33.0. The molecule has 6 nitrogen and oxygen atoms in total. The van der Waals surface area contributed by atoms with E-state index in [1.165, 1.54) is 12.1 Å². The molecule has 0 aliphatic carbocycles. The van der Waals surface area contributed by atoms with Crippen molar-refractivity contribution in [3.05, 3.63) is 117 Å². The molecule has 0 spiro atoms. The van der Waals surface area contributed by atoms with Gasteiger partial charge in [-0.3, -0.25) is 9.59 Å². The first-order chi connectivity index (χ1) is 19.1. The zero-order chi connectivity index (χ0) is 28.4. The third-order valence-electron chi connectivity index (χ3n) is 6.99. The van der Waals surface area contributed by atoms with E-state index in [1.54, 1.807) is 15.5 Å². The fourth-order valence-electron chi connectivity index (χ4n) is 4.93. The first kappa shape index (κ1) is 27.2. The number of amides is 1. The molecule has 40 heavy (non-hydrogen) atoms. The van der Waals surface area contributed by atoms with Gasteiger partial charge in [0.1, 0.15) is 12.4 Å². The zero-order valence-corrected chi connectivity index (χ0v) is 22.1. The Morgan fingerprint density at radius 1 is 0.900 bits per heavy atom. The third kappa shape index (κ3) is 5.50. The molecule has 1 aliphatic heterocycles. The van der Waals surface area contributed by atoms with Gasteiger partial charge in [-0.25, -0.2) is 0 Å². The first-order valence-corrected chi connectivity index (χ1v) is 13.0. The first-order valence-electron chi connectivity index (χ1n) is 13.0. The summed E-state index contributed by atoms with van der Waals surface area (Å²) in [7, 11) is 0. The van der Waals surface area contributed by atoms with E-state index in [0.29, 0.717) is 24.5 Å². The van der Waals surface area contributed by atoms with Gasteiger partial charge in [0.15, 0.2) is 5.69 Å². The van der Waals surface area contributed by atoms with Gasteiger partial charge in [-0.05, 0) is 48.2 Å². The molecule has 0 N–H and O–H groups in total. The maximum atomic E-state index is 13.6. The van der Waals surface area contributed by atoms with Gasteiger partial charge in [0, 0.05) is 25.6 Å². The fraction of sp³-hybridized carbons (Fsp3) is 0.258. The second kappa shape index (κ2) is 11.0. The minimum atomic E-state index is -4.43. The van der Waals surface area contributed by atoms with Crippen LogP contribution < -0.4 is 10.3 Å². The highest BCUT2D eigenvalue weighted by Gasteiger charge is 2.33. The van der Waals surface area contributed by atoms with Gasteiger partial charge in [0.05, 0.1) is 5.56 Å². The van der Waals surface area contributed by atoms with Crippen LogP contribution >= 0.6 is 0 Å². The molecular formula is C31H28F3N3O3. The van der Waals surface area contributed by atoms with Gasteiger partial charge < -0.3 is 14.2 Å². The van der Waals surface area contributed by atoms with Gasteiger partial charge >= 0.3 is 11.7 Å². The van der Waals surface area contributed by atoms with Crippen LogP contribution in [0.1, 0.15) is 46.9 Å². The van der Waals surface area contributed by atoms with Crippen molar-refractivity contribution < 1.29 is 22.7 Å². The number of hydrogen-bond donors (Lipinski definition) is 0. The van der Waals surface area contributed by atoms with Gasteiger partial charge in [-0.1, -0.05) is 66.7 Å². The predicted molar refractivity (Wildman–Crippen MR) is 145 cm³/mol. The van der Waals surface area contributed by atoms with Crippen LogP contribution in [-0.2, 0) is 25.7 Å². The second-order valence-corrected chi connectivity index (χ2v) is 9.94. The van der Waals surface area contributed by atoms with Crippen molar-refractivity contribution in [2.45, 2.75) is 45.6 Å². The topological polar surface area (TPSA) is 64.4 Å². The Bertz CT molecular complexity index is 1580. The lowest BCUT2D eigenvalue weighted by molar-refractivity contribution is -0.137. The average molecular weight is 548 g/mol. The Morgan fingerprint density at radius 3 is 2.25 bits per heavy atom. The molecule has 9 heteroatoms. The number of benzene rings is 3. The predicted octanol–water partition coefficient (Wildman–Crippen LogP) is 5.96. The van der Waals surface area contributed by atoms with E-state index < -0.39 is 17.3 Å². The van der Waals surface area contributed by atoms with Crippen LogP contribution in [0.4, 0.5) is 13.2 Å². The van der Waals surface area contributed by atoms with E-state index in [9.17, 15) is 22.8 Å². The highest BCUT2D eigenvalue weighted by Crippen LogP contribution is 2.33. The minimum Gasteiger partial charge on any atom is -0.481 e. The number of nitrogens with zero attached hydrogens (tertiary/aromatic N) is 3. The van der Waals surface area contributed by atoms with Crippen LogP contribution in [0.2, 0.25) is 0 Å². The Balaban J connectivity index is 1.55. The molecule has 1 aromatic heterocycles. The lowest BCUT2D eigenvalue weighted by Crippen LogP contribution is -2.46. The van der Waals surface area contributed by atoms with Gasteiger partial charge in [-0.2, -0.15) is 18.2 Å². The van der Waals surface area contributed by atoms with E-state index in [4.69, 9.17) is 4.74 Å². The fourth-order valence-corrected chi connectivity index (χ4v) is 4.93. The van der Waals surface area contributed by atoms with Crippen molar-refractivity contribution in [3.63, 3.8) is 0 Å². The number of hydrogen-bond acceptors (Lipinski definition) is 4. The molecule has 4 aromatic rings. The molecule has 3 aromatic carbocycles. The molecule has 5 rings (SSSR count). The summed E-state index contributed by atoms with van der Waals surface area (Å²) in [6, 6.07) is 21.5. The van der Waals surface area contributed by atoms with Gasteiger partial charge in [-0.15, -0.1) is 0 Å².